The standard InChI is InChI=1S/C25H25N5O2S2/c1-17-8-6-9-18(2)23(17)27-21(31)14-26-22(32)16-34-25-29-28-24(20-12-7-13-33-20)30(25)15-19-10-4-3-5-11-19/h3-13H,14-16H2,1-2H3,(H,26,32)(H,27,31). The van der Waals surface area contributed by atoms with Crippen LogP contribution in [0.4, 0.5) is 5.69 Å². The van der Waals surface area contributed by atoms with Gasteiger partial charge in [-0.15, -0.1) is 21.5 Å². The number of nitrogens with one attached hydrogen (secondary N) is 2. The predicted octanol–water partition coefficient (Wildman–Crippen LogP) is 4.52. The van der Waals surface area contributed by atoms with Crippen molar-refractivity contribution in [3.05, 3.63) is 82.7 Å². The van der Waals surface area contributed by atoms with E-state index in [-0.39, 0.29) is 24.1 Å². The van der Waals surface area contributed by atoms with Crippen molar-refractivity contribution in [2.24, 2.45) is 0 Å². The Hall–Kier alpha value is -3.43. The Morgan fingerprint density at radius 3 is 2.41 bits per heavy atom. The van der Waals surface area contributed by atoms with E-state index in [0.717, 1.165) is 33.1 Å². The molecule has 0 fully saturated rings. The fourth-order valence-electron chi connectivity index (χ4n) is 3.45. The molecule has 34 heavy (non-hydrogen) atoms. The summed E-state index contributed by atoms with van der Waals surface area (Å²) in [6.45, 7) is 4.38. The Morgan fingerprint density at radius 2 is 1.71 bits per heavy atom. The second-order valence-corrected chi connectivity index (χ2v) is 9.63. The van der Waals surface area contributed by atoms with Gasteiger partial charge in [-0.2, -0.15) is 0 Å². The number of hydrogen-bond acceptors (Lipinski definition) is 6. The third-order valence-electron chi connectivity index (χ3n) is 5.17. The maximum absolute atomic E-state index is 12.4. The van der Waals surface area contributed by atoms with Crippen LogP contribution in [0.1, 0.15) is 16.7 Å². The van der Waals surface area contributed by atoms with Crippen LogP contribution in [0.2, 0.25) is 0 Å². The molecule has 2 aromatic heterocycles. The number of carbonyl (C=O) groups is 2. The van der Waals surface area contributed by atoms with Crippen molar-refractivity contribution in [3.8, 4) is 10.7 Å². The Morgan fingerprint density at radius 1 is 0.941 bits per heavy atom. The number of thiophene rings is 1. The molecule has 2 aromatic carbocycles. The normalized spacial score (nSPS) is 10.8. The number of rotatable bonds is 9. The monoisotopic (exact) mass is 491 g/mol. The van der Waals surface area contributed by atoms with Gasteiger partial charge < -0.3 is 10.6 Å². The lowest BCUT2D eigenvalue weighted by molar-refractivity contribution is -0.122. The molecule has 0 saturated heterocycles. The van der Waals surface area contributed by atoms with Gasteiger partial charge in [0.05, 0.1) is 23.7 Å². The van der Waals surface area contributed by atoms with Gasteiger partial charge in [-0.25, -0.2) is 0 Å². The van der Waals surface area contributed by atoms with Gasteiger partial charge in [0.2, 0.25) is 11.8 Å². The maximum Gasteiger partial charge on any atom is 0.243 e. The van der Waals surface area contributed by atoms with Crippen molar-refractivity contribution in [2.75, 3.05) is 17.6 Å². The van der Waals surface area contributed by atoms with E-state index in [1.807, 2.05) is 84.5 Å². The van der Waals surface area contributed by atoms with Crippen molar-refractivity contribution in [2.45, 2.75) is 25.5 Å². The van der Waals surface area contributed by atoms with E-state index >= 15 is 0 Å². The fraction of sp³-hybridized carbons (Fsp3) is 0.200. The molecule has 0 atom stereocenters. The summed E-state index contributed by atoms with van der Waals surface area (Å²) in [4.78, 5) is 25.8. The molecule has 0 radical (unpaired) electrons. The maximum atomic E-state index is 12.4. The summed E-state index contributed by atoms with van der Waals surface area (Å²) in [5.41, 5.74) is 3.87. The predicted molar refractivity (Wildman–Crippen MR) is 137 cm³/mol. The number of para-hydroxylation sites is 1. The van der Waals surface area contributed by atoms with Crippen LogP contribution in [0.3, 0.4) is 0 Å². The molecule has 0 saturated carbocycles. The molecule has 0 spiro atoms. The molecular weight excluding hydrogens is 466 g/mol. The van der Waals surface area contributed by atoms with Gasteiger partial charge in [-0.05, 0) is 42.0 Å². The number of hydrogen-bond donors (Lipinski definition) is 2. The molecule has 0 bridgehead atoms. The number of amides is 2. The first-order valence-electron chi connectivity index (χ1n) is 10.8. The number of benzene rings is 2. The Balaban J connectivity index is 1.37. The van der Waals surface area contributed by atoms with Crippen molar-refractivity contribution >= 4 is 40.6 Å². The van der Waals surface area contributed by atoms with E-state index in [9.17, 15) is 9.59 Å². The molecule has 174 valence electrons. The van der Waals surface area contributed by atoms with Gasteiger partial charge in [-0.1, -0.05) is 66.4 Å². The summed E-state index contributed by atoms with van der Waals surface area (Å²) >= 11 is 2.90. The van der Waals surface area contributed by atoms with Crippen LogP contribution in [0.5, 0.6) is 0 Å². The lowest BCUT2D eigenvalue weighted by Gasteiger charge is -2.12. The van der Waals surface area contributed by atoms with Crippen LogP contribution in [0.25, 0.3) is 10.7 Å². The minimum atomic E-state index is -0.261. The van der Waals surface area contributed by atoms with Crippen molar-refractivity contribution in [1.82, 2.24) is 20.1 Å². The molecule has 2 heterocycles. The van der Waals surface area contributed by atoms with Crippen molar-refractivity contribution in [1.29, 1.82) is 0 Å². The second-order valence-electron chi connectivity index (χ2n) is 7.74. The van der Waals surface area contributed by atoms with Crippen LogP contribution < -0.4 is 10.6 Å². The highest BCUT2D eigenvalue weighted by molar-refractivity contribution is 7.99. The summed E-state index contributed by atoms with van der Waals surface area (Å²) in [5, 5.41) is 16.9. The molecule has 2 N–H and O–H groups in total. The smallest absolute Gasteiger partial charge is 0.243 e. The van der Waals surface area contributed by atoms with Crippen LogP contribution >= 0.6 is 23.1 Å². The van der Waals surface area contributed by atoms with E-state index < -0.39 is 0 Å². The van der Waals surface area contributed by atoms with Crippen molar-refractivity contribution in [3.63, 3.8) is 0 Å². The van der Waals surface area contributed by atoms with Crippen molar-refractivity contribution < 1.29 is 9.59 Å². The molecule has 0 aliphatic heterocycles. The van der Waals surface area contributed by atoms with Gasteiger partial charge in [0.1, 0.15) is 0 Å². The van der Waals surface area contributed by atoms with Gasteiger partial charge in [0.15, 0.2) is 11.0 Å². The topological polar surface area (TPSA) is 88.9 Å². The Labute approximate surface area is 206 Å². The molecule has 2 amide bonds. The molecule has 0 aliphatic carbocycles. The van der Waals surface area contributed by atoms with E-state index in [1.54, 1.807) is 11.3 Å². The largest absolute Gasteiger partial charge is 0.346 e. The van der Waals surface area contributed by atoms with Crippen LogP contribution in [-0.4, -0.2) is 38.9 Å². The van der Waals surface area contributed by atoms with E-state index in [4.69, 9.17) is 0 Å². The summed E-state index contributed by atoms with van der Waals surface area (Å²) in [6.07, 6.45) is 0. The van der Waals surface area contributed by atoms with Gasteiger partial charge in [0, 0.05) is 5.69 Å². The Kier molecular flexibility index (Phi) is 7.76. The molecule has 0 unspecified atom stereocenters. The number of aryl methyl sites for hydroxylation is 2. The van der Waals surface area contributed by atoms with E-state index in [2.05, 4.69) is 20.8 Å². The third kappa shape index (κ3) is 5.92. The first-order chi connectivity index (χ1) is 16.5. The lowest BCUT2D eigenvalue weighted by atomic mass is 10.1. The Bertz CT molecular complexity index is 1250. The third-order valence-corrected chi connectivity index (χ3v) is 7.00. The SMILES string of the molecule is Cc1cccc(C)c1NC(=O)CNC(=O)CSc1nnc(-c2cccs2)n1Cc1ccccc1. The number of carbonyl (C=O) groups excluding carboxylic acids is 2. The average Bonchev–Trinajstić information content (AvgIpc) is 3.50. The quantitative estimate of drug-likeness (QED) is 0.336. The molecule has 7 nitrogen and oxygen atoms in total. The van der Waals surface area contributed by atoms with Gasteiger partial charge in [-0.3, -0.25) is 14.2 Å². The number of aromatic nitrogens is 3. The molecule has 0 aliphatic rings. The fourth-order valence-corrected chi connectivity index (χ4v) is 4.93. The molecule has 4 aromatic rings. The highest BCUT2D eigenvalue weighted by atomic mass is 32.2. The van der Waals surface area contributed by atoms with Gasteiger partial charge >= 0.3 is 0 Å². The van der Waals surface area contributed by atoms with Crippen LogP contribution in [-0.2, 0) is 16.1 Å². The zero-order chi connectivity index (χ0) is 23.9. The first kappa shape index (κ1) is 23.7. The zero-order valence-corrected chi connectivity index (χ0v) is 20.6. The molecule has 4 rings (SSSR count). The molecular formula is C25H25N5O2S2. The van der Waals surface area contributed by atoms with E-state index in [1.165, 1.54) is 11.8 Å². The summed E-state index contributed by atoms with van der Waals surface area (Å²) in [7, 11) is 0. The minimum Gasteiger partial charge on any atom is -0.346 e. The first-order valence-corrected chi connectivity index (χ1v) is 12.6. The number of anilines is 1. The summed E-state index contributed by atoms with van der Waals surface area (Å²) < 4.78 is 2.02. The molecule has 9 heteroatoms. The highest BCUT2D eigenvalue weighted by Gasteiger charge is 2.17. The van der Waals surface area contributed by atoms with Crippen LogP contribution in [0.15, 0.2) is 71.2 Å². The zero-order valence-electron chi connectivity index (χ0n) is 18.9. The second kappa shape index (κ2) is 11.1. The van der Waals surface area contributed by atoms with Gasteiger partial charge in [0.25, 0.3) is 0 Å². The number of nitrogens with zero attached hydrogens (tertiary/aromatic N) is 3. The van der Waals surface area contributed by atoms with Crippen LogP contribution in [0, 0.1) is 13.8 Å². The number of thioether (sulfide) groups is 1. The highest BCUT2D eigenvalue weighted by Crippen LogP contribution is 2.28. The average molecular weight is 492 g/mol. The summed E-state index contributed by atoms with van der Waals surface area (Å²) in [6, 6.07) is 19.9. The lowest BCUT2D eigenvalue weighted by Crippen LogP contribution is -2.34. The minimum absolute atomic E-state index is 0.0929. The summed E-state index contributed by atoms with van der Waals surface area (Å²) in [5.74, 6) is 0.403. The van der Waals surface area contributed by atoms with E-state index in [0.29, 0.717) is 11.7 Å².